The summed E-state index contributed by atoms with van der Waals surface area (Å²) in [6, 6.07) is 14.3. The maximum Gasteiger partial charge on any atom is 0.200 e. The number of hydrogen-bond acceptors (Lipinski definition) is 3. The molecule has 0 saturated heterocycles. The van der Waals surface area contributed by atoms with Crippen LogP contribution in [0.1, 0.15) is 0 Å². The van der Waals surface area contributed by atoms with Gasteiger partial charge in [0, 0.05) is 5.02 Å². The molecular weight excluding hydrogens is 294 g/mol. The van der Waals surface area contributed by atoms with Crippen molar-refractivity contribution in [3.05, 3.63) is 58.3 Å². The summed E-state index contributed by atoms with van der Waals surface area (Å²) in [5, 5.41) is 17.5. The van der Waals surface area contributed by atoms with Crippen LogP contribution in [-0.2, 0) is 0 Å². The van der Waals surface area contributed by atoms with E-state index in [0.717, 1.165) is 5.69 Å². The van der Waals surface area contributed by atoms with E-state index in [1.807, 2.05) is 18.2 Å². The smallest absolute Gasteiger partial charge is 0.200 e. The third-order valence-electron chi connectivity index (χ3n) is 2.88. The Morgan fingerprint density at radius 2 is 1.95 bits per heavy atom. The summed E-state index contributed by atoms with van der Waals surface area (Å²) in [7, 11) is 0. The highest BCUT2D eigenvalue weighted by molar-refractivity contribution is 7.71. The Morgan fingerprint density at radius 1 is 1.15 bits per heavy atom. The fourth-order valence-electron chi connectivity index (χ4n) is 2.00. The van der Waals surface area contributed by atoms with E-state index in [4.69, 9.17) is 23.8 Å². The van der Waals surface area contributed by atoms with E-state index in [1.54, 1.807) is 34.9 Å². The lowest BCUT2D eigenvalue weighted by atomic mass is 10.2. The van der Waals surface area contributed by atoms with Gasteiger partial charge in [0.25, 0.3) is 0 Å². The van der Waals surface area contributed by atoms with Crippen LogP contribution in [0.4, 0.5) is 0 Å². The molecule has 0 atom stereocenters. The fraction of sp³-hybridized carbons (Fsp3) is 0. The molecular formula is C14H10ClN3OS. The Hall–Kier alpha value is -2.11. The predicted molar refractivity (Wildman–Crippen MR) is 80.9 cm³/mol. The number of phenols is 1. The SMILES string of the molecule is Oc1ccccc1-c1n[nH]c(=S)n1-c1cccc(Cl)c1. The van der Waals surface area contributed by atoms with Crippen molar-refractivity contribution in [2.45, 2.75) is 0 Å². The van der Waals surface area contributed by atoms with E-state index in [1.165, 1.54) is 0 Å². The molecule has 0 spiro atoms. The summed E-state index contributed by atoms with van der Waals surface area (Å²) in [6.07, 6.45) is 0. The average molecular weight is 304 g/mol. The zero-order valence-corrected chi connectivity index (χ0v) is 11.8. The molecule has 100 valence electrons. The molecule has 3 rings (SSSR count). The summed E-state index contributed by atoms with van der Waals surface area (Å²) in [5.74, 6) is 0.681. The van der Waals surface area contributed by atoms with Crippen molar-refractivity contribution in [3.63, 3.8) is 0 Å². The molecule has 6 heteroatoms. The minimum Gasteiger partial charge on any atom is -0.507 e. The maximum absolute atomic E-state index is 9.97. The molecule has 0 bridgehead atoms. The zero-order valence-electron chi connectivity index (χ0n) is 10.2. The Morgan fingerprint density at radius 3 is 2.70 bits per heavy atom. The first-order valence-corrected chi connectivity index (χ1v) is 6.67. The average Bonchev–Trinajstić information content (AvgIpc) is 2.81. The van der Waals surface area contributed by atoms with Gasteiger partial charge in [0.05, 0.1) is 11.3 Å². The van der Waals surface area contributed by atoms with Crippen molar-refractivity contribution in [3.8, 4) is 22.8 Å². The van der Waals surface area contributed by atoms with Gasteiger partial charge in [-0.1, -0.05) is 29.8 Å². The van der Waals surface area contributed by atoms with Crippen molar-refractivity contribution < 1.29 is 5.11 Å². The third kappa shape index (κ3) is 2.21. The van der Waals surface area contributed by atoms with Gasteiger partial charge in [-0.3, -0.25) is 9.67 Å². The van der Waals surface area contributed by atoms with E-state index < -0.39 is 0 Å². The van der Waals surface area contributed by atoms with Gasteiger partial charge in [-0.25, -0.2) is 0 Å². The Bertz CT molecular complexity index is 825. The van der Waals surface area contributed by atoms with Crippen LogP contribution < -0.4 is 0 Å². The molecule has 1 heterocycles. The molecule has 0 aliphatic carbocycles. The number of nitrogens with zero attached hydrogens (tertiary/aromatic N) is 2. The number of aromatic amines is 1. The van der Waals surface area contributed by atoms with Gasteiger partial charge in [0.1, 0.15) is 5.75 Å². The van der Waals surface area contributed by atoms with E-state index >= 15 is 0 Å². The highest BCUT2D eigenvalue weighted by Gasteiger charge is 2.13. The number of halogens is 1. The second-order valence-electron chi connectivity index (χ2n) is 4.18. The molecule has 20 heavy (non-hydrogen) atoms. The second kappa shape index (κ2) is 5.11. The number of phenolic OH excluding ortho intramolecular Hbond substituents is 1. The van der Waals surface area contributed by atoms with E-state index in [-0.39, 0.29) is 5.75 Å². The number of benzene rings is 2. The molecule has 0 fully saturated rings. The minimum absolute atomic E-state index is 0.143. The van der Waals surface area contributed by atoms with Crippen LogP contribution in [0.25, 0.3) is 17.1 Å². The lowest BCUT2D eigenvalue weighted by Gasteiger charge is -2.08. The fourth-order valence-corrected chi connectivity index (χ4v) is 2.42. The molecule has 0 aliphatic rings. The number of aromatic hydroxyl groups is 1. The number of hydrogen-bond donors (Lipinski definition) is 2. The maximum atomic E-state index is 9.97. The first-order valence-electron chi connectivity index (χ1n) is 5.88. The lowest BCUT2D eigenvalue weighted by molar-refractivity contribution is 0.476. The first-order chi connectivity index (χ1) is 9.66. The highest BCUT2D eigenvalue weighted by Crippen LogP contribution is 2.29. The van der Waals surface area contributed by atoms with Gasteiger partial charge in [0.2, 0.25) is 0 Å². The lowest BCUT2D eigenvalue weighted by Crippen LogP contribution is -1.97. The van der Waals surface area contributed by atoms with Gasteiger partial charge in [-0.2, -0.15) is 5.10 Å². The zero-order chi connectivity index (χ0) is 14.1. The monoisotopic (exact) mass is 303 g/mol. The van der Waals surface area contributed by atoms with Gasteiger partial charge in [-0.05, 0) is 42.5 Å². The highest BCUT2D eigenvalue weighted by atomic mass is 35.5. The number of nitrogens with one attached hydrogen (secondary N) is 1. The van der Waals surface area contributed by atoms with Gasteiger partial charge in [-0.15, -0.1) is 0 Å². The number of H-pyrrole nitrogens is 1. The van der Waals surface area contributed by atoms with Gasteiger partial charge in [0.15, 0.2) is 10.6 Å². The topological polar surface area (TPSA) is 53.8 Å². The van der Waals surface area contributed by atoms with Crippen LogP contribution in [0.3, 0.4) is 0 Å². The normalized spacial score (nSPS) is 10.7. The van der Waals surface area contributed by atoms with Crippen molar-refractivity contribution in [1.82, 2.24) is 14.8 Å². The van der Waals surface area contributed by atoms with Crippen molar-refractivity contribution in [2.24, 2.45) is 0 Å². The van der Waals surface area contributed by atoms with E-state index in [9.17, 15) is 5.11 Å². The van der Waals surface area contributed by atoms with Crippen LogP contribution >= 0.6 is 23.8 Å². The Kier molecular flexibility index (Phi) is 3.30. The largest absolute Gasteiger partial charge is 0.507 e. The first kappa shape index (κ1) is 12.9. The summed E-state index contributed by atoms with van der Waals surface area (Å²) in [5.41, 5.74) is 1.38. The minimum atomic E-state index is 0.143. The summed E-state index contributed by atoms with van der Waals surface area (Å²) in [6.45, 7) is 0. The third-order valence-corrected chi connectivity index (χ3v) is 3.39. The summed E-state index contributed by atoms with van der Waals surface area (Å²) in [4.78, 5) is 0. The van der Waals surface area contributed by atoms with E-state index in [2.05, 4.69) is 10.2 Å². The predicted octanol–water partition coefficient (Wildman–Crippen LogP) is 3.96. The van der Waals surface area contributed by atoms with Crippen LogP contribution in [0.5, 0.6) is 5.75 Å². The molecule has 2 aromatic carbocycles. The van der Waals surface area contributed by atoms with Crippen LogP contribution in [0, 0.1) is 4.77 Å². The van der Waals surface area contributed by atoms with E-state index in [0.29, 0.717) is 21.2 Å². The van der Waals surface area contributed by atoms with Crippen molar-refractivity contribution in [1.29, 1.82) is 0 Å². The molecule has 0 amide bonds. The van der Waals surface area contributed by atoms with Crippen molar-refractivity contribution >= 4 is 23.8 Å². The molecule has 0 saturated carbocycles. The number of para-hydroxylation sites is 1. The number of rotatable bonds is 2. The van der Waals surface area contributed by atoms with Crippen molar-refractivity contribution in [2.75, 3.05) is 0 Å². The standard InChI is InChI=1S/C14H10ClN3OS/c15-9-4-3-5-10(8-9)18-13(16-17-14(18)20)11-6-1-2-7-12(11)19/h1-8,19H,(H,17,20). The molecule has 1 aromatic heterocycles. The van der Waals surface area contributed by atoms with Gasteiger partial charge < -0.3 is 5.11 Å². The molecule has 2 N–H and O–H groups in total. The van der Waals surface area contributed by atoms with Crippen LogP contribution in [0.15, 0.2) is 48.5 Å². The molecule has 0 radical (unpaired) electrons. The molecule has 4 nitrogen and oxygen atoms in total. The Labute approximate surface area is 125 Å². The van der Waals surface area contributed by atoms with Crippen LogP contribution in [-0.4, -0.2) is 19.9 Å². The van der Waals surface area contributed by atoms with Gasteiger partial charge >= 0.3 is 0 Å². The quantitative estimate of drug-likeness (QED) is 0.705. The molecule has 0 unspecified atom stereocenters. The second-order valence-corrected chi connectivity index (χ2v) is 5.01. The Balaban J connectivity index is 2.26. The molecule has 0 aliphatic heterocycles. The number of aromatic nitrogens is 3. The van der Waals surface area contributed by atoms with Crippen LogP contribution in [0.2, 0.25) is 5.02 Å². The summed E-state index contributed by atoms with van der Waals surface area (Å²) >= 11 is 11.3. The molecule has 3 aromatic rings. The summed E-state index contributed by atoms with van der Waals surface area (Å²) < 4.78 is 2.17.